The van der Waals surface area contributed by atoms with Gasteiger partial charge in [0.05, 0.1) is 18.1 Å². The van der Waals surface area contributed by atoms with Crippen molar-refractivity contribution in [2.75, 3.05) is 27.2 Å². The molecule has 2 fully saturated rings. The summed E-state index contributed by atoms with van der Waals surface area (Å²) in [5.41, 5.74) is 0.668. The van der Waals surface area contributed by atoms with Crippen molar-refractivity contribution in [1.82, 2.24) is 9.80 Å². The summed E-state index contributed by atoms with van der Waals surface area (Å²) in [5.74, 6) is -0.222. The number of likely N-dealkylation sites (tertiary alicyclic amines) is 1. The summed E-state index contributed by atoms with van der Waals surface area (Å²) in [6.07, 6.45) is 0.646. The van der Waals surface area contributed by atoms with Gasteiger partial charge in [0, 0.05) is 32.8 Å². The number of amides is 2. The van der Waals surface area contributed by atoms with Crippen LogP contribution in [0.15, 0.2) is 30.3 Å². The van der Waals surface area contributed by atoms with Crippen LogP contribution in [0.1, 0.15) is 16.8 Å². The second kappa shape index (κ2) is 5.48. The summed E-state index contributed by atoms with van der Waals surface area (Å²) < 4.78 is 5.74. The van der Waals surface area contributed by atoms with Crippen LogP contribution in [0.5, 0.6) is 0 Å². The van der Waals surface area contributed by atoms with Crippen LogP contribution in [-0.2, 0) is 9.53 Å². The lowest BCUT2D eigenvalue weighted by atomic mass is 10.0. The molecule has 21 heavy (non-hydrogen) atoms. The molecular weight excluding hydrogens is 268 g/mol. The van der Waals surface area contributed by atoms with Crippen LogP contribution in [-0.4, -0.2) is 61.0 Å². The highest BCUT2D eigenvalue weighted by Crippen LogP contribution is 2.35. The van der Waals surface area contributed by atoms with E-state index in [-0.39, 0.29) is 29.9 Å². The Bertz CT molecular complexity index is 544. The van der Waals surface area contributed by atoms with E-state index in [1.54, 1.807) is 19.0 Å². The second-order valence-corrected chi connectivity index (χ2v) is 5.85. The number of benzene rings is 1. The highest BCUT2D eigenvalue weighted by molar-refractivity contribution is 5.95. The van der Waals surface area contributed by atoms with E-state index in [0.29, 0.717) is 18.7 Å². The number of rotatable bonds is 2. The van der Waals surface area contributed by atoms with Gasteiger partial charge < -0.3 is 14.5 Å². The first-order valence-corrected chi connectivity index (χ1v) is 7.28. The summed E-state index contributed by atoms with van der Waals surface area (Å²) in [6, 6.07) is 9.25. The fourth-order valence-corrected chi connectivity index (χ4v) is 3.30. The molecule has 5 heteroatoms. The molecule has 0 radical (unpaired) electrons. The third-order valence-corrected chi connectivity index (χ3v) is 4.33. The predicted octanol–water partition coefficient (Wildman–Crippen LogP) is 1.00. The minimum Gasteiger partial charge on any atom is -0.375 e. The van der Waals surface area contributed by atoms with Crippen molar-refractivity contribution in [2.24, 2.45) is 5.92 Å². The van der Waals surface area contributed by atoms with Gasteiger partial charge in [0.25, 0.3) is 5.91 Å². The Balaban J connectivity index is 1.84. The molecule has 3 atom stereocenters. The molecule has 5 nitrogen and oxygen atoms in total. The summed E-state index contributed by atoms with van der Waals surface area (Å²) in [7, 11) is 3.49. The molecule has 2 heterocycles. The van der Waals surface area contributed by atoms with Crippen LogP contribution in [0.4, 0.5) is 0 Å². The Kier molecular flexibility index (Phi) is 3.68. The Hall–Kier alpha value is -1.88. The van der Waals surface area contributed by atoms with E-state index in [2.05, 4.69) is 0 Å². The molecule has 0 bridgehead atoms. The molecule has 0 N–H and O–H groups in total. The molecule has 2 aliphatic heterocycles. The van der Waals surface area contributed by atoms with Crippen molar-refractivity contribution in [3.63, 3.8) is 0 Å². The average molecular weight is 288 g/mol. The molecule has 0 spiro atoms. The maximum absolute atomic E-state index is 12.7. The Morgan fingerprint density at radius 3 is 2.62 bits per heavy atom. The van der Waals surface area contributed by atoms with Crippen LogP contribution in [0.25, 0.3) is 0 Å². The van der Waals surface area contributed by atoms with Crippen molar-refractivity contribution >= 4 is 11.8 Å². The molecule has 0 unspecified atom stereocenters. The standard InChI is InChI=1S/C16H20N2O3/c1-17(2)16(20)12-10-18(13-8-9-21-14(12)13)15(19)11-6-4-3-5-7-11/h3-7,12-14H,8-10H2,1-2H3/t12-,13-,14-/m0/s1. The van der Waals surface area contributed by atoms with Crippen molar-refractivity contribution in [2.45, 2.75) is 18.6 Å². The first-order chi connectivity index (χ1) is 10.1. The zero-order valence-corrected chi connectivity index (χ0v) is 12.4. The minimum atomic E-state index is -0.250. The van der Waals surface area contributed by atoms with Crippen LogP contribution < -0.4 is 0 Å². The number of hydrogen-bond acceptors (Lipinski definition) is 3. The summed E-state index contributed by atoms with van der Waals surface area (Å²) >= 11 is 0. The van der Waals surface area contributed by atoms with Crippen molar-refractivity contribution in [3.8, 4) is 0 Å². The highest BCUT2D eigenvalue weighted by Gasteiger charge is 2.50. The van der Waals surface area contributed by atoms with Gasteiger partial charge in [0.15, 0.2) is 0 Å². The maximum Gasteiger partial charge on any atom is 0.254 e. The number of carbonyl (C=O) groups excluding carboxylic acids is 2. The molecule has 0 saturated carbocycles. The SMILES string of the molecule is CN(C)C(=O)[C@H]1CN(C(=O)c2ccccc2)[C@H]2CCO[C@@H]12. The van der Waals surface area contributed by atoms with Crippen LogP contribution in [0, 0.1) is 5.92 Å². The quantitative estimate of drug-likeness (QED) is 0.816. The van der Waals surface area contributed by atoms with Gasteiger partial charge in [-0.05, 0) is 18.6 Å². The predicted molar refractivity (Wildman–Crippen MR) is 77.8 cm³/mol. The third-order valence-electron chi connectivity index (χ3n) is 4.33. The van der Waals surface area contributed by atoms with E-state index in [9.17, 15) is 9.59 Å². The first kappa shape index (κ1) is 14.1. The molecule has 1 aromatic carbocycles. The van der Waals surface area contributed by atoms with Gasteiger partial charge in [-0.2, -0.15) is 0 Å². The van der Waals surface area contributed by atoms with Gasteiger partial charge in [-0.25, -0.2) is 0 Å². The second-order valence-electron chi connectivity index (χ2n) is 5.85. The third kappa shape index (κ3) is 2.42. The number of fused-ring (bicyclic) bond motifs is 1. The molecule has 3 rings (SSSR count). The van der Waals surface area contributed by atoms with Gasteiger partial charge in [-0.1, -0.05) is 18.2 Å². The number of hydrogen-bond donors (Lipinski definition) is 0. The normalized spacial score (nSPS) is 27.5. The molecule has 1 aromatic rings. The van der Waals surface area contributed by atoms with Crippen LogP contribution >= 0.6 is 0 Å². The van der Waals surface area contributed by atoms with Gasteiger partial charge in [-0.3, -0.25) is 9.59 Å². The van der Waals surface area contributed by atoms with Crippen LogP contribution in [0.3, 0.4) is 0 Å². The lowest BCUT2D eigenvalue weighted by molar-refractivity contribution is -0.135. The zero-order chi connectivity index (χ0) is 15.0. The topological polar surface area (TPSA) is 49.9 Å². The van der Waals surface area contributed by atoms with Gasteiger partial charge >= 0.3 is 0 Å². The number of carbonyl (C=O) groups is 2. The lowest BCUT2D eigenvalue weighted by Crippen LogP contribution is -2.37. The molecule has 2 saturated heterocycles. The fourth-order valence-electron chi connectivity index (χ4n) is 3.30. The zero-order valence-electron chi connectivity index (χ0n) is 12.4. The summed E-state index contributed by atoms with van der Waals surface area (Å²) in [4.78, 5) is 28.4. The molecule has 0 aromatic heterocycles. The van der Waals surface area contributed by atoms with Crippen LogP contribution in [0.2, 0.25) is 0 Å². The minimum absolute atomic E-state index is 0.00911. The van der Waals surface area contributed by atoms with Gasteiger partial charge in [0.2, 0.25) is 5.91 Å². The fraction of sp³-hybridized carbons (Fsp3) is 0.500. The maximum atomic E-state index is 12.7. The molecular formula is C16H20N2O3. The molecule has 2 amide bonds. The van der Waals surface area contributed by atoms with Gasteiger partial charge in [-0.15, -0.1) is 0 Å². The van der Waals surface area contributed by atoms with E-state index < -0.39 is 0 Å². The van der Waals surface area contributed by atoms with Gasteiger partial charge in [0.1, 0.15) is 0 Å². The Labute approximate surface area is 124 Å². The molecule has 0 aliphatic carbocycles. The van der Waals surface area contributed by atoms with Crippen molar-refractivity contribution in [1.29, 1.82) is 0 Å². The highest BCUT2D eigenvalue weighted by atomic mass is 16.5. The summed E-state index contributed by atoms with van der Waals surface area (Å²) in [6.45, 7) is 1.06. The Morgan fingerprint density at radius 1 is 1.24 bits per heavy atom. The molecule has 2 aliphatic rings. The summed E-state index contributed by atoms with van der Waals surface area (Å²) in [5, 5.41) is 0. The Morgan fingerprint density at radius 2 is 1.95 bits per heavy atom. The molecule has 112 valence electrons. The lowest BCUT2D eigenvalue weighted by Gasteiger charge is -2.22. The first-order valence-electron chi connectivity index (χ1n) is 7.28. The monoisotopic (exact) mass is 288 g/mol. The smallest absolute Gasteiger partial charge is 0.254 e. The van der Waals surface area contributed by atoms with E-state index in [0.717, 1.165) is 6.42 Å². The van der Waals surface area contributed by atoms with Crippen molar-refractivity contribution in [3.05, 3.63) is 35.9 Å². The number of ether oxygens (including phenoxy) is 1. The van der Waals surface area contributed by atoms with E-state index in [1.807, 2.05) is 35.2 Å². The number of nitrogens with zero attached hydrogens (tertiary/aromatic N) is 2. The average Bonchev–Trinajstić information content (AvgIpc) is 3.08. The van der Waals surface area contributed by atoms with Crippen molar-refractivity contribution < 1.29 is 14.3 Å². The van der Waals surface area contributed by atoms with E-state index >= 15 is 0 Å². The van der Waals surface area contributed by atoms with E-state index in [4.69, 9.17) is 4.74 Å². The largest absolute Gasteiger partial charge is 0.375 e. The van der Waals surface area contributed by atoms with E-state index in [1.165, 1.54) is 0 Å².